The van der Waals surface area contributed by atoms with E-state index in [1.807, 2.05) is 0 Å². The molecule has 0 unspecified atom stereocenters. The first-order chi connectivity index (χ1) is 10.6. The van der Waals surface area contributed by atoms with Gasteiger partial charge in [-0.05, 0) is 43.9 Å². The van der Waals surface area contributed by atoms with Crippen LogP contribution in [-0.2, 0) is 6.54 Å². The van der Waals surface area contributed by atoms with Crippen LogP contribution in [0, 0.1) is 6.92 Å². The molecule has 120 valence electrons. The van der Waals surface area contributed by atoms with Crippen LogP contribution in [0.3, 0.4) is 0 Å². The number of benzene rings is 1. The zero-order valence-corrected chi connectivity index (χ0v) is 14.2. The van der Waals surface area contributed by atoms with Crippen molar-refractivity contribution in [2.75, 3.05) is 25.5 Å². The summed E-state index contributed by atoms with van der Waals surface area (Å²) >= 11 is 0. The molecule has 0 amide bonds. The molecule has 0 heterocycles. The highest BCUT2D eigenvalue weighted by molar-refractivity contribution is 5.80. The monoisotopic (exact) mass is 300 g/mol. The minimum atomic E-state index is 0.476. The van der Waals surface area contributed by atoms with Gasteiger partial charge in [0.05, 0.1) is 6.54 Å². The summed E-state index contributed by atoms with van der Waals surface area (Å²) in [4.78, 5) is 6.91. The van der Waals surface area contributed by atoms with E-state index >= 15 is 0 Å². The van der Waals surface area contributed by atoms with Crippen molar-refractivity contribution in [3.8, 4) is 0 Å². The molecule has 0 radical (unpaired) electrons. The predicted octanol–water partition coefficient (Wildman–Crippen LogP) is 2.83. The van der Waals surface area contributed by atoms with Gasteiger partial charge in [0, 0.05) is 32.4 Å². The van der Waals surface area contributed by atoms with Crippen LogP contribution in [0.1, 0.15) is 30.9 Å². The van der Waals surface area contributed by atoms with Gasteiger partial charge in [-0.15, -0.1) is 0 Å². The van der Waals surface area contributed by atoms with E-state index in [0.717, 1.165) is 25.3 Å². The molecule has 1 aromatic rings. The van der Waals surface area contributed by atoms with Crippen LogP contribution < -0.4 is 15.5 Å². The lowest BCUT2D eigenvalue weighted by molar-refractivity contribution is 0.633. The second-order valence-electron chi connectivity index (χ2n) is 6.01. The van der Waals surface area contributed by atoms with Gasteiger partial charge in [0.25, 0.3) is 0 Å². The van der Waals surface area contributed by atoms with Crippen LogP contribution in [-0.4, -0.2) is 32.6 Å². The Morgan fingerprint density at radius 2 is 2.00 bits per heavy atom. The summed E-state index contributed by atoms with van der Waals surface area (Å²) in [6, 6.07) is 7.02. The summed E-state index contributed by atoms with van der Waals surface area (Å²) in [7, 11) is 4.16. The smallest absolute Gasteiger partial charge is 0.191 e. The Hall–Kier alpha value is -1.97. The largest absolute Gasteiger partial charge is 0.377 e. The summed E-state index contributed by atoms with van der Waals surface area (Å²) in [6.45, 7) is 5.78. The normalized spacial score (nSPS) is 15.2. The molecule has 22 heavy (non-hydrogen) atoms. The highest BCUT2D eigenvalue weighted by Gasteiger charge is 2.12. The Kier molecular flexibility index (Phi) is 5.87. The van der Waals surface area contributed by atoms with Crippen molar-refractivity contribution in [3.05, 3.63) is 41.5 Å². The Labute approximate surface area is 134 Å². The Morgan fingerprint density at radius 3 is 2.64 bits per heavy atom. The van der Waals surface area contributed by atoms with E-state index in [1.165, 1.54) is 16.8 Å². The third-order valence-electron chi connectivity index (χ3n) is 3.82. The van der Waals surface area contributed by atoms with Crippen molar-refractivity contribution in [3.63, 3.8) is 0 Å². The standard InChI is InChI=1S/C18H28N4/c1-5-19-18(21-16-8-6-7-9-16)20-13-15-11-10-14(2)12-17(15)22(3)4/h6-7,10-12,16H,5,8-9,13H2,1-4H3,(H2,19,20,21). The summed E-state index contributed by atoms with van der Waals surface area (Å²) in [6.07, 6.45) is 6.62. The summed E-state index contributed by atoms with van der Waals surface area (Å²) in [5.74, 6) is 0.904. The van der Waals surface area contributed by atoms with Crippen LogP contribution in [0.2, 0.25) is 0 Å². The predicted molar refractivity (Wildman–Crippen MR) is 95.6 cm³/mol. The molecule has 0 saturated carbocycles. The summed E-state index contributed by atoms with van der Waals surface area (Å²) in [5.41, 5.74) is 3.76. The van der Waals surface area contributed by atoms with Crippen LogP contribution >= 0.6 is 0 Å². The number of guanidine groups is 1. The zero-order valence-electron chi connectivity index (χ0n) is 14.2. The molecule has 2 rings (SSSR count). The van der Waals surface area contributed by atoms with Gasteiger partial charge in [0.15, 0.2) is 5.96 Å². The maximum absolute atomic E-state index is 4.76. The van der Waals surface area contributed by atoms with Gasteiger partial charge in [-0.1, -0.05) is 24.3 Å². The van der Waals surface area contributed by atoms with Crippen molar-refractivity contribution in [1.82, 2.24) is 10.6 Å². The molecule has 0 fully saturated rings. The fourth-order valence-corrected chi connectivity index (χ4v) is 2.64. The highest BCUT2D eigenvalue weighted by atomic mass is 15.2. The quantitative estimate of drug-likeness (QED) is 0.499. The lowest BCUT2D eigenvalue weighted by Crippen LogP contribution is -2.42. The fourth-order valence-electron chi connectivity index (χ4n) is 2.64. The van der Waals surface area contributed by atoms with Crippen molar-refractivity contribution in [2.24, 2.45) is 4.99 Å². The second-order valence-corrected chi connectivity index (χ2v) is 6.01. The molecule has 4 nitrogen and oxygen atoms in total. The second kappa shape index (κ2) is 7.87. The molecule has 0 aromatic heterocycles. The number of nitrogens with one attached hydrogen (secondary N) is 2. The van der Waals surface area contributed by atoms with Crippen molar-refractivity contribution < 1.29 is 0 Å². The lowest BCUT2D eigenvalue weighted by atomic mass is 10.1. The average molecular weight is 300 g/mol. The number of hydrogen-bond donors (Lipinski definition) is 2. The van der Waals surface area contributed by atoms with Gasteiger partial charge in [0.2, 0.25) is 0 Å². The van der Waals surface area contributed by atoms with Crippen LogP contribution in [0.25, 0.3) is 0 Å². The van der Waals surface area contributed by atoms with Gasteiger partial charge in [-0.25, -0.2) is 4.99 Å². The topological polar surface area (TPSA) is 39.7 Å². The minimum absolute atomic E-state index is 0.476. The molecule has 0 bridgehead atoms. The first kappa shape index (κ1) is 16.4. The van der Waals surface area contributed by atoms with E-state index in [-0.39, 0.29) is 0 Å². The number of hydrogen-bond acceptors (Lipinski definition) is 2. The Morgan fingerprint density at radius 1 is 1.27 bits per heavy atom. The molecular weight excluding hydrogens is 272 g/mol. The summed E-state index contributed by atoms with van der Waals surface area (Å²) in [5, 5.41) is 6.85. The number of rotatable bonds is 5. The molecule has 1 aliphatic carbocycles. The van der Waals surface area contributed by atoms with E-state index in [4.69, 9.17) is 4.99 Å². The van der Waals surface area contributed by atoms with Gasteiger partial charge in [-0.2, -0.15) is 0 Å². The van der Waals surface area contributed by atoms with Crippen LogP contribution in [0.15, 0.2) is 35.3 Å². The first-order valence-electron chi connectivity index (χ1n) is 8.07. The third kappa shape index (κ3) is 4.52. The third-order valence-corrected chi connectivity index (χ3v) is 3.82. The maximum Gasteiger partial charge on any atom is 0.191 e. The molecule has 0 saturated heterocycles. The molecule has 4 heteroatoms. The van der Waals surface area contributed by atoms with Gasteiger partial charge in [0.1, 0.15) is 0 Å². The molecule has 0 atom stereocenters. The molecule has 2 N–H and O–H groups in total. The Balaban J connectivity index is 2.09. The van der Waals surface area contributed by atoms with E-state index in [9.17, 15) is 0 Å². The van der Waals surface area contributed by atoms with Crippen molar-refractivity contribution in [2.45, 2.75) is 39.3 Å². The van der Waals surface area contributed by atoms with Crippen LogP contribution in [0.5, 0.6) is 0 Å². The number of aliphatic imine (C=N–C) groups is 1. The van der Waals surface area contributed by atoms with Gasteiger partial charge in [-0.3, -0.25) is 0 Å². The number of nitrogens with zero attached hydrogens (tertiary/aromatic N) is 2. The first-order valence-corrected chi connectivity index (χ1v) is 8.07. The number of anilines is 1. The Bertz CT molecular complexity index is 538. The van der Waals surface area contributed by atoms with Gasteiger partial charge < -0.3 is 15.5 Å². The van der Waals surface area contributed by atoms with E-state index in [0.29, 0.717) is 12.6 Å². The molecule has 0 spiro atoms. The van der Waals surface area contributed by atoms with E-state index in [1.54, 1.807) is 0 Å². The molecular formula is C18H28N4. The molecule has 1 aliphatic rings. The summed E-state index contributed by atoms with van der Waals surface area (Å²) < 4.78 is 0. The minimum Gasteiger partial charge on any atom is -0.377 e. The van der Waals surface area contributed by atoms with Crippen LogP contribution in [0.4, 0.5) is 5.69 Å². The zero-order chi connectivity index (χ0) is 15.9. The number of aryl methyl sites for hydroxylation is 1. The van der Waals surface area contributed by atoms with E-state index < -0.39 is 0 Å². The van der Waals surface area contributed by atoms with Crippen molar-refractivity contribution in [1.29, 1.82) is 0 Å². The average Bonchev–Trinajstić information content (AvgIpc) is 2.98. The fraction of sp³-hybridized carbons (Fsp3) is 0.500. The van der Waals surface area contributed by atoms with Crippen molar-refractivity contribution >= 4 is 11.6 Å². The lowest BCUT2D eigenvalue weighted by Gasteiger charge is -2.19. The molecule has 0 aliphatic heterocycles. The highest BCUT2D eigenvalue weighted by Crippen LogP contribution is 2.21. The SMILES string of the molecule is CCNC(=NCc1ccc(C)cc1N(C)C)NC1CC=CC1. The maximum atomic E-state index is 4.76. The molecule has 1 aromatic carbocycles. The van der Waals surface area contributed by atoms with Gasteiger partial charge >= 0.3 is 0 Å². The van der Waals surface area contributed by atoms with E-state index in [2.05, 4.69) is 73.8 Å².